The zero-order chi connectivity index (χ0) is 22.5. The van der Waals surface area contributed by atoms with Gasteiger partial charge in [0.15, 0.2) is 0 Å². The number of carboxylic acids is 1. The van der Waals surface area contributed by atoms with Crippen LogP contribution in [-0.4, -0.2) is 22.0 Å². The molecule has 0 unspecified atom stereocenters. The summed E-state index contributed by atoms with van der Waals surface area (Å²) in [5.74, 6) is -0.292. The van der Waals surface area contributed by atoms with Gasteiger partial charge in [0, 0.05) is 16.6 Å². The number of carboxylic acid groups (broad SMARTS) is 1. The number of anilines is 1. The number of rotatable bonds is 7. The molecule has 1 amide bonds. The van der Waals surface area contributed by atoms with Gasteiger partial charge in [0.2, 0.25) is 0 Å². The molecule has 0 fully saturated rings. The lowest BCUT2D eigenvalue weighted by molar-refractivity contribution is -0.136. The zero-order valence-electron chi connectivity index (χ0n) is 16.6. The molecule has 0 bridgehead atoms. The maximum Gasteiger partial charge on any atom is 0.307 e. The molecule has 3 aromatic carbocycles. The molecule has 0 aliphatic heterocycles. The van der Waals surface area contributed by atoms with E-state index in [1.807, 2.05) is 30.3 Å². The SMILES string of the molecule is O=C(O)Cc1ccc(Oc2ccc(NC(=O)c3csc(-c4ccccc4)n3)cc2)c(Cl)c1. The first-order valence-corrected chi connectivity index (χ1v) is 10.8. The highest BCUT2D eigenvalue weighted by molar-refractivity contribution is 7.13. The molecule has 160 valence electrons. The van der Waals surface area contributed by atoms with Gasteiger partial charge in [0.1, 0.15) is 22.2 Å². The number of hydrogen-bond acceptors (Lipinski definition) is 5. The van der Waals surface area contributed by atoms with E-state index in [1.165, 1.54) is 11.3 Å². The van der Waals surface area contributed by atoms with Crippen molar-refractivity contribution >= 4 is 40.5 Å². The van der Waals surface area contributed by atoms with Crippen molar-refractivity contribution in [2.45, 2.75) is 6.42 Å². The van der Waals surface area contributed by atoms with Crippen molar-refractivity contribution in [2.24, 2.45) is 0 Å². The van der Waals surface area contributed by atoms with Crippen molar-refractivity contribution in [2.75, 3.05) is 5.32 Å². The van der Waals surface area contributed by atoms with Gasteiger partial charge in [-0.1, -0.05) is 48.0 Å². The van der Waals surface area contributed by atoms with Crippen LogP contribution in [-0.2, 0) is 11.2 Å². The van der Waals surface area contributed by atoms with Crippen LogP contribution in [0.15, 0.2) is 78.2 Å². The summed E-state index contributed by atoms with van der Waals surface area (Å²) >= 11 is 7.61. The number of carbonyl (C=O) groups is 2. The minimum Gasteiger partial charge on any atom is -0.481 e. The fourth-order valence-corrected chi connectivity index (χ4v) is 3.98. The van der Waals surface area contributed by atoms with Gasteiger partial charge in [-0.15, -0.1) is 11.3 Å². The Kier molecular flexibility index (Phi) is 6.49. The number of amides is 1. The molecule has 32 heavy (non-hydrogen) atoms. The van der Waals surface area contributed by atoms with E-state index in [2.05, 4.69) is 10.3 Å². The van der Waals surface area contributed by atoms with Gasteiger partial charge in [-0.25, -0.2) is 4.98 Å². The number of carbonyl (C=O) groups excluding carboxylic acids is 1. The van der Waals surface area contributed by atoms with E-state index < -0.39 is 5.97 Å². The lowest BCUT2D eigenvalue weighted by Crippen LogP contribution is -2.12. The number of hydrogen-bond donors (Lipinski definition) is 2. The van der Waals surface area contributed by atoms with E-state index in [0.29, 0.717) is 33.5 Å². The number of halogens is 1. The summed E-state index contributed by atoms with van der Waals surface area (Å²) in [5, 5.41) is 14.5. The third kappa shape index (κ3) is 5.32. The van der Waals surface area contributed by atoms with Gasteiger partial charge in [0.25, 0.3) is 5.91 Å². The van der Waals surface area contributed by atoms with Crippen LogP contribution in [0.3, 0.4) is 0 Å². The monoisotopic (exact) mass is 464 g/mol. The largest absolute Gasteiger partial charge is 0.481 e. The van der Waals surface area contributed by atoms with Gasteiger partial charge in [-0.05, 0) is 42.0 Å². The average Bonchev–Trinajstić information content (AvgIpc) is 3.28. The molecule has 1 heterocycles. The van der Waals surface area contributed by atoms with Crippen LogP contribution in [0.2, 0.25) is 5.02 Å². The lowest BCUT2D eigenvalue weighted by Gasteiger charge is -2.10. The maximum absolute atomic E-state index is 12.5. The second kappa shape index (κ2) is 9.64. The fourth-order valence-electron chi connectivity index (χ4n) is 2.93. The minimum atomic E-state index is -0.929. The first-order valence-electron chi connectivity index (χ1n) is 9.58. The molecule has 0 saturated heterocycles. The van der Waals surface area contributed by atoms with Crippen molar-refractivity contribution in [3.05, 3.63) is 94.5 Å². The number of ether oxygens (including phenoxy) is 1. The van der Waals surface area contributed by atoms with E-state index in [4.69, 9.17) is 21.4 Å². The molecule has 8 heteroatoms. The minimum absolute atomic E-state index is 0.111. The third-order valence-electron chi connectivity index (χ3n) is 4.45. The summed E-state index contributed by atoms with van der Waals surface area (Å²) in [6.45, 7) is 0. The second-order valence-corrected chi connectivity index (χ2v) is 8.09. The molecule has 0 aliphatic rings. The van der Waals surface area contributed by atoms with Crippen LogP contribution in [0, 0.1) is 0 Å². The Morgan fingerprint density at radius 2 is 1.78 bits per heavy atom. The lowest BCUT2D eigenvalue weighted by atomic mass is 10.1. The molecule has 0 spiro atoms. The highest BCUT2D eigenvalue weighted by Gasteiger charge is 2.13. The molecule has 6 nitrogen and oxygen atoms in total. The Bertz CT molecular complexity index is 1260. The van der Waals surface area contributed by atoms with Crippen molar-refractivity contribution < 1.29 is 19.4 Å². The molecule has 0 radical (unpaired) electrons. The summed E-state index contributed by atoms with van der Waals surface area (Å²) in [5.41, 5.74) is 2.50. The Morgan fingerprint density at radius 1 is 1.03 bits per heavy atom. The normalized spacial score (nSPS) is 10.5. The second-order valence-electron chi connectivity index (χ2n) is 6.82. The van der Waals surface area contributed by atoms with Gasteiger partial charge < -0.3 is 15.2 Å². The smallest absolute Gasteiger partial charge is 0.307 e. The number of nitrogens with zero attached hydrogens (tertiary/aromatic N) is 1. The zero-order valence-corrected chi connectivity index (χ0v) is 18.2. The Morgan fingerprint density at radius 3 is 2.47 bits per heavy atom. The number of aromatic nitrogens is 1. The highest BCUT2D eigenvalue weighted by atomic mass is 35.5. The van der Waals surface area contributed by atoms with Gasteiger partial charge >= 0.3 is 5.97 Å². The van der Waals surface area contributed by atoms with Crippen molar-refractivity contribution in [3.63, 3.8) is 0 Å². The third-order valence-corrected chi connectivity index (χ3v) is 5.64. The summed E-state index contributed by atoms with van der Waals surface area (Å²) in [4.78, 5) is 27.8. The first kappa shape index (κ1) is 21.5. The van der Waals surface area contributed by atoms with Crippen LogP contribution >= 0.6 is 22.9 Å². The van der Waals surface area contributed by atoms with Crippen LogP contribution in [0.25, 0.3) is 10.6 Å². The van der Waals surface area contributed by atoms with Crippen LogP contribution in [0.4, 0.5) is 5.69 Å². The van der Waals surface area contributed by atoms with E-state index in [1.54, 1.807) is 47.8 Å². The fraction of sp³-hybridized carbons (Fsp3) is 0.0417. The molecular formula is C24H17ClN2O4S. The standard InChI is InChI=1S/C24H17ClN2O4S/c25-19-12-15(13-22(28)29)6-11-21(19)31-18-9-7-17(8-10-18)26-23(30)20-14-32-24(27-20)16-4-2-1-3-5-16/h1-12,14H,13H2,(H,26,30)(H,28,29). The predicted molar refractivity (Wildman–Crippen MR) is 125 cm³/mol. The molecule has 4 rings (SSSR count). The maximum atomic E-state index is 12.5. The van der Waals surface area contributed by atoms with Gasteiger partial charge in [0.05, 0.1) is 11.4 Å². The summed E-state index contributed by atoms with van der Waals surface area (Å²) in [6, 6.07) is 21.4. The van der Waals surface area contributed by atoms with Gasteiger partial charge in [-0.3, -0.25) is 9.59 Å². The topological polar surface area (TPSA) is 88.5 Å². The van der Waals surface area contributed by atoms with Crippen molar-refractivity contribution in [3.8, 4) is 22.1 Å². The van der Waals surface area contributed by atoms with E-state index in [9.17, 15) is 9.59 Å². The van der Waals surface area contributed by atoms with E-state index in [0.717, 1.165) is 10.6 Å². The quantitative estimate of drug-likeness (QED) is 0.343. The molecular weight excluding hydrogens is 448 g/mol. The molecule has 0 aliphatic carbocycles. The number of nitrogens with one attached hydrogen (secondary N) is 1. The molecule has 4 aromatic rings. The van der Waals surface area contributed by atoms with E-state index >= 15 is 0 Å². The predicted octanol–water partition coefficient (Wildman–Crippen LogP) is 6.14. The first-order chi connectivity index (χ1) is 15.5. The van der Waals surface area contributed by atoms with Crippen LogP contribution in [0.1, 0.15) is 16.1 Å². The Labute approximate surface area is 193 Å². The van der Waals surface area contributed by atoms with Gasteiger partial charge in [-0.2, -0.15) is 0 Å². The highest BCUT2D eigenvalue weighted by Crippen LogP contribution is 2.31. The summed E-state index contributed by atoms with van der Waals surface area (Å²) in [7, 11) is 0. The van der Waals surface area contributed by atoms with E-state index in [-0.39, 0.29) is 12.3 Å². The van der Waals surface area contributed by atoms with Crippen molar-refractivity contribution in [1.29, 1.82) is 0 Å². The number of thiazole rings is 1. The Hall–Kier alpha value is -3.68. The summed E-state index contributed by atoms with van der Waals surface area (Å²) in [6.07, 6.45) is -0.111. The molecule has 0 saturated carbocycles. The van der Waals surface area contributed by atoms with Crippen LogP contribution in [0.5, 0.6) is 11.5 Å². The molecule has 0 atom stereocenters. The number of aliphatic carboxylic acids is 1. The number of benzene rings is 3. The molecule has 1 aromatic heterocycles. The molecule has 2 N–H and O–H groups in total. The van der Waals surface area contributed by atoms with Crippen LogP contribution < -0.4 is 10.1 Å². The summed E-state index contributed by atoms with van der Waals surface area (Å²) < 4.78 is 5.76. The van der Waals surface area contributed by atoms with Crippen molar-refractivity contribution in [1.82, 2.24) is 4.98 Å². The Balaban J connectivity index is 1.39. The average molecular weight is 465 g/mol.